The van der Waals surface area contributed by atoms with Crippen LogP contribution in [0.15, 0.2) is 24.3 Å². The molecule has 0 radical (unpaired) electrons. The van der Waals surface area contributed by atoms with Crippen LogP contribution in [0.4, 0.5) is 4.79 Å². The van der Waals surface area contributed by atoms with Crippen LogP contribution in [-0.4, -0.2) is 11.8 Å². The van der Waals surface area contributed by atoms with Crippen molar-refractivity contribution in [2.24, 2.45) is 0 Å². The maximum absolute atomic E-state index is 11.3. The summed E-state index contributed by atoms with van der Waals surface area (Å²) in [6.45, 7) is 11.4. The van der Waals surface area contributed by atoms with E-state index in [-0.39, 0.29) is 0 Å². The van der Waals surface area contributed by atoms with Crippen molar-refractivity contribution >= 4 is 6.16 Å². The van der Waals surface area contributed by atoms with Crippen LogP contribution in [0, 0.1) is 6.92 Å². The van der Waals surface area contributed by atoms with Crippen molar-refractivity contribution in [3.05, 3.63) is 29.8 Å². The molecule has 0 saturated carbocycles. The lowest BCUT2D eigenvalue weighted by molar-refractivity contribution is 0.0206. The van der Waals surface area contributed by atoms with Crippen molar-refractivity contribution in [1.29, 1.82) is 0 Å². The van der Waals surface area contributed by atoms with E-state index in [9.17, 15) is 4.79 Å². The summed E-state index contributed by atoms with van der Waals surface area (Å²) < 4.78 is 9.99. The number of carbonyl (C=O) groups excluding carboxylic acids is 1. The SMILES string of the molecule is CC.Cc1ccc(OC(=O)OC(C)(C)C)cc1. The largest absolute Gasteiger partial charge is 0.514 e. The summed E-state index contributed by atoms with van der Waals surface area (Å²) in [4.78, 5) is 11.3. The highest BCUT2D eigenvalue weighted by Crippen LogP contribution is 2.14. The van der Waals surface area contributed by atoms with Gasteiger partial charge in [-0.05, 0) is 39.8 Å². The molecule has 0 aromatic heterocycles. The molecule has 0 unspecified atom stereocenters. The Morgan fingerprint density at radius 1 is 1.06 bits per heavy atom. The fourth-order valence-corrected chi connectivity index (χ4v) is 0.973. The van der Waals surface area contributed by atoms with Gasteiger partial charge in [0.05, 0.1) is 0 Å². The molecule has 0 spiro atoms. The highest BCUT2D eigenvalue weighted by Gasteiger charge is 2.17. The van der Waals surface area contributed by atoms with Crippen molar-refractivity contribution in [2.75, 3.05) is 0 Å². The van der Waals surface area contributed by atoms with Gasteiger partial charge in [0.1, 0.15) is 11.4 Å². The Morgan fingerprint density at radius 2 is 1.53 bits per heavy atom. The molecule has 0 aliphatic carbocycles. The maximum Gasteiger partial charge on any atom is 0.514 e. The van der Waals surface area contributed by atoms with Crippen molar-refractivity contribution in [3.8, 4) is 5.75 Å². The van der Waals surface area contributed by atoms with Crippen molar-refractivity contribution in [2.45, 2.75) is 47.1 Å². The zero-order chi connectivity index (χ0) is 13.5. The van der Waals surface area contributed by atoms with Crippen LogP contribution in [0.2, 0.25) is 0 Å². The number of hydrogen-bond acceptors (Lipinski definition) is 3. The Morgan fingerprint density at radius 3 is 1.94 bits per heavy atom. The van der Waals surface area contributed by atoms with Crippen LogP contribution in [0.3, 0.4) is 0 Å². The molecule has 0 aliphatic heterocycles. The van der Waals surface area contributed by atoms with E-state index < -0.39 is 11.8 Å². The number of hydrogen-bond donors (Lipinski definition) is 0. The Balaban J connectivity index is 0.00000121. The lowest BCUT2D eigenvalue weighted by Crippen LogP contribution is -2.25. The zero-order valence-corrected chi connectivity index (χ0v) is 11.5. The molecule has 0 bridgehead atoms. The molecule has 0 amide bonds. The van der Waals surface area contributed by atoms with E-state index in [2.05, 4.69) is 0 Å². The Labute approximate surface area is 104 Å². The minimum Gasteiger partial charge on any atom is -0.428 e. The van der Waals surface area contributed by atoms with Gasteiger partial charge in [-0.2, -0.15) is 0 Å². The molecule has 3 heteroatoms. The van der Waals surface area contributed by atoms with E-state index >= 15 is 0 Å². The summed E-state index contributed by atoms with van der Waals surface area (Å²) >= 11 is 0. The minimum atomic E-state index is -0.675. The second-order valence-electron chi connectivity index (χ2n) is 4.38. The summed E-state index contributed by atoms with van der Waals surface area (Å²) in [7, 11) is 0. The van der Waals surface area contributed by atoms with Gasteiger partial charge in [0.15, 0.2) is 0 Å². The average Bonchev–Trinajstić information content (AvgIpc) is 2.22. The molecule has 0 fully saturated rings. The third kappa shape index (κ3) is 7.39. The van der Waals surface area contributed by atoms with Crippen LogP contribution < -0.4 is 4.74 Å². The van der Waals surface area contributed by atoms with E-state index in [4.69, 9.17) is 9.47 Å². The highest BCUT2D eigenvalue weighted by molar-refractivity contribution is 5.64. The fraction of sp³-hybridized carbons (Fsp3) is 0.500. The van der Waals surface area contributed by atoms with Gasteiger partial charge >= 0.3 is 6.16 Å². The van der Waals surface area contributed by atoms with Gasteiger partial charge in [-0.25, -0.2) is 4.79 Å². The lowest BCUT2D eigenvalue weighted by Gasteiger charge is -2.18. The Bertz CT molecular complexity index is 333. The van der Waals surface area contributed by atoms with E-state index in [0.29, 0.717) is 5.75 Å². The second kappa shape index (κ2) is 6.94. The summed E-state index contributed by atoms with van der Waals surface area (Å²) in [5, 5.41) is 0. The summed E-state index contributed by atoms with van der Waals surface area (Å²) in [6.07, 6.45) is -0.675. The predicted molar refractivity (Wildman–Crippen MR) is 69.4 cm³/mol. The van der Waals surface area contributed by atoms with Crippen molar-refractivity contribution < 1.29 is 14.3 Å². The predicted octanol–water partition coefficient (Wildman–Crippen LogP) is 4.34. The van der Waals surface area contributed by atoms with E-state index in [1.54, 1.807) is 32.9 Å². The smallest absolute Gasteiger partial charge is 0.428 e. The molecule has 0 aliphatic rings. The third-order valence-electron chi connectivity index (χ3n) is 1.61. The molecule has 1 aromatic rings. The Hall–Kier alpha value is -1.51. The van der Waals surface area contributed by atoms with Gasteiger partial charge in [0, 0.05) is 0 Å². The normalized spacial score (nSPS) is 10.0. The van der Waals surface area contributed by atoms with Gasteiger partial charge in [-0.15, -0.1) is 0 Å². The van der Waals surface area contributed by atoms with Gasteiger partial charge in [-0.1, -0.05) is 31.5 Å². The topological polar surface area (TPSA) is 35.5 Å². The van der Waals surface area contributed by atoms with Crippen LogP contribution in [0.5, 0.6) is 5.75 Å². The van der Waals surface area contributed by atoms with Crippen LogP contribution in [0.25, 0.3) is 0 Å². The standard InChI is InChI=1S/C12H16O3.C2H6/c1-9-5-7-10(8-6-9)14-11(13)15-12(2,3)4;1-2/h5-8H,1-4H3;1-2H3. The molecular weight excluding hydrogens is 216 g/mol. The first-order chi connectivity index (χ1) is 7.87. The quantitative estimate of drug-likeness (QED) is 0.539. The van der Waals surface area contributed by atoms with E-state index in [1.807, 2.05) is 32.9 Å². The first kappa shape index (κ1) is 15.5. The van der Waals surface area contributed by atoms with Gasteiger partial charge in [0.2, 0.25) is 0 Å². The molecule has 1 aromatic carbocycles. The van der Waals surface area contributed by atoms with E-state index in [1.165, 1.54) is 0 Å². The first-order valence-electron chi connectivity index (χ1n) is 5.84. The number of ether oxygens (including phenoxy) is 2. The average molecular weight is 238 g/mol. The zero-order valence-electron chi connectivity index (χ0n) is 11.5. The summed E-state index contributed by atoms with van der Waals surface area (Å²) in [5.74, 6) is 0.495. The second-order valence-corrected chi connectivity index (χ2v) is 4.38. The number of aryl methyl sites for hydroxylation is 1. The van der Waals surface area contributed by atoms with Crippen molar-refractivity contribution in [3.63, 3.8) is 0 Å². The summed E-state index contributed by atoms with van der Waals surface area (Å²) in [5.41, 5.74) is 0.591. The lowest BCUT2D eigenvalue weighted by atomic mass is 10.2. The monoisotopic (exact) mass is 238 g/mol. The van der Waals surface area contributed by atoms with Gasteiger partial charge < -0.3 is 9.47 Å². The van der Waals surface area contributed by atoms with Gasteiger partial charge in [-0.3, -0.25) is 0 Å². The molecule has 3 nitrogen and oxygen atoms in total. The third-order valence-corrected chi connectivity index (χ3v) is 1.61. The van der Waals surface area contributed by atoms with Crippen molar-refractivity contribution in [1.82, 2.24) is 0 Å². The molecular formula is C14H22O3. The first-order valence-corrected chi connectivity index (χ1v) is 5.84. The molecule has 0 N–H and O–H groups in total. The van der Waals surface area contributed by atoms with E-state index in [0.717, 1.165) is 5.56 Å². The number of carbonyl (C=O) groups is 1. The molecule has 0 atom stereocenters. The molecule has 0 saturated heterocycles. The minimum absolute atomic E-state index is 0.495. The highest BCUT2D eigenvalue weighted by atomic mass is 16.7. The maximum atomic E-state index is 11.3. The number of rotatable bonds is 1. The molecule has 0 heterocycles. The van der Waals surface area contributed by atoms with Gasteiger partial charge in [0.25, 0.3) is 0 Å². The fourth-order valence-electron chi connectivity index (χ4n) is 0.973. The summed E-state index contributed by atoms with van der Waals surface area (Å²) in [6, 6.07) is 7.22. The number of benzene rings is 1. The molecule has 17 heavy (non-hydrogen) atoms. The van der Waals surface area contributed by atoms with Crippen LogP contribution in [0.1, 0.15) is 40.2 Å². The molecule has 96 valence electrons. The Kier molecular flexibility index (Phi) is 6.33. The molecule has 1 rings (SSSR count). The van der Waals surface area contributed by atoms with Crippen LogP contribution in [-0.2, 0) is 4.74 Å². The van der Waals surface area contributed by atoms with Crippen LogP contribution >= 0.6 is 0 Å².